The maximum atomic E-state index is 12.1. The lowest BCUT2D eigenvalue weighted by Gasteiger charge is -2.24. The Bertz CT molecular complexity index is 580. The standard InChI is InChI=1S/C17H23NO7/c1-17(2,3)25-15(21)13(10-23-11-14(19)20)18-16(22)24-9-12-7-5-4-6-8-12/h4-8,13H,9-11H2,1-3H3,(H,18,22)(H,19,20)/t13-/m0/s1. The third kappa shape index (κ3) is 9.31. The molecule has 1 atom stereocenters. The maximum Gasteiger partial charge on any atom is 0.408 e. The molecule has 1 aromatic rings. The number of benzene rings is 1. The van der Waals surface area contributed by atoms with Gasteiger partial charge in [0.15, 0.2) is 6.04 Å². The average Bonchev–Trinajstić information content (AvgIpc) is 2.51. The number of carboxylic acid groups (broad SMARTS) is 1. The van der Waals surface area contributed by atoms with Gasteiger partial charge >= 0.3 is 18.0 Å². The number of carbonyl (C=O) groups excluding carboxylic acids is 2. The van der Waals surface area contributed by atoms with Crippen LogP contribution in [0.4, 0.5) is 4.79 Å². The van der Waals surface area contributed by atoms with E-state index in [1.54, 1.807) is 45.0 Å². The number of alkyl carbamates (subject to hydrolysis) is 1. The van der Waals surface area contributed by atoms with Crippen molar-refractivity contribution in [1.29, 1.82) is 0 Å². The van der Waals surface area contributed by atoms with E-state index in [-0.39, 0.29) is 13.2 Å². The monoisotopic (exact) mass is 353 g/mol. The number of hydrogen-bond donors (Lipinski definition) is 2. The number of rotatable bonds is 8. The first kappa shape index (κ1) is 20.4. The Morgan fingerprint density at radius 3 is 2.36 bits per heavy atom. The first-order valence-electron chi connectivity index (χ1n) is 7.67. The highest BCUT2D eigenvalue weighted by Gasteiger charge is 2.27. The van der Waals surface area contributed by atoms with Crippen LogP contribution in [-0.4, -0.2) is 48.0 Å². The van der Waals surface area contributed by atoms with E-state index in [2.05, 4.69) is 5.32 Å². The van der Waals surface area contributed by atoms with Crippen molar-refractivity contribution in [3.63, 3.8) is 0 Å². The zero-order valence-electron chi connectivity index (χ0n) is 14.5. The average molecular weight is 353 g/mol. The molecule has 0 fully saturated rings. The number of aliphatic carboxylic acids is 1. The van der Waals surface area contributed by atoms with Gasteiger partial charge in [0.25, 0.3) is 0 Å². The van der Waals surface area contributed by atoms with Gasteiger partial charge in [-0.3, -0.25) is 0 Å². The molecule has 0 aliphatic heterocycles. The van der Waals surface area contributed by atoms with Gasteiger partial charge in [0.1, 0.15) is 18.8 Å². The van der Waals surface area contributed by atoms with Gasteiger partial charge in [-0.05, 0) is 26.3 Å². The first-order valence-corrected chi connectivity index (χ1v) is 7.67. The predicted octanol–water partition coefficient (Wildman–Crippen LogP) is 1.72. The van der Waals surface area contributed by atoms with E-state index < -0.39 is 36.3 Å². The summed E-state index contributed by atoms with van der Waals surface area (Å²) in [5.74, 6) is -1.93. The van der Waals surface area contributed by atoms with Gasteiger partial charge in [0.2, 0.25) is 0 Å². The van der Waals surface area contributed by atoms with Gasteiger partial charge < -0.3 is 24.6 Å². The molecule has 1 amide bonds. The maximum absolute atomic E-state index is 12.1. The normalized spacial score (nSPS) is 12.1. The topological polar surface area (TPSA) is 111 Å². The minimum atomic E-state index is -1.19. The summed E-state index contributed by atoms with van der Waals surface area (Å²) < 4.78 is 15.1. The van der Waals surface area contributed by atoms with E-state index in [0.29, 0.717) is 0 Å². The van der Waals surface area contributed by atoms with E-state index in [1.807, 2.05) is 6.07 Å². The van der Waals surface area contributed by atoms with Gasteiger partial charge in [-0.15, -0.1) is 0 Å². The fraction of sp³-hybridized carbons (Fsp3) is 0.471. The molecule has 0 saturated heterocycles. The molecule has 0 heterocycles. The Morgan fingerprint density at radius 1 is 1.16 bits per heavy atom. The fourth-order valence-corrected chi connectivity index (χ4v) is 1.71. The summed E-state index contributed by atoms with van der Waals surface area (Å²) in [5.41, 5.74) is 0.0196. The molecule has 8 heteroatoms. The molecular weight excluding hydrogens is 330 g/mol. The van der Waals surface area contributed by atoms with E-state index in [9.17, 15) is 14.4 Å². The molecule has 25 heavy (non-hydrogen) atoms. The van der Waals surface area contributed by atoms with Crippen molar-refractivity contribution in [3.8, 4) is 0 Å². The van der Waals surface area contributed by atoms with Gasteiger partial charge in [-0.1, -0.05) is 30.3 Å². The van der Waals surface area contributed by atoms with Crippen LogP contribution < -0.4 is 5.32 Å². The molecule has 0 radical (unpaired) electrons. The lowest BCUT2D eigenvalue weighted by molar-refractivity contribution is -0.160. The zero-order chi connectivity index (χ0) is 18.9. The Morgan fingerprint density at radius 2 is 1.80 bits per heavy atom. The summed E-state index contributed by atoms with van der Waals surface area (Å²) in [7, 11) is 0. The summed E-state index contributed by atoms with van der Waals surface area (Å²) in [6.07, 6.45) is -0.835. The molecule has 2 N–H and O–H groups in total. The van der Waals surface area contributed by atoms with Crippen molar-refractivity contribution in [3.05, 3.63) is 35.9 Å². The van der Waals surface area contributed by atoms with Crippen molar-refractivity contribution >= 4 is 18.0 Å². The van der Waals surface area contributed by atoms with Crippen molar-refractivity contribution < 1.29 is 33.7 Å². The lowest BCUT2D eigenvalue weighted by atomic mass is 10.2. The molecule has 8 nitrogen and oxygen atoms in total. The smallest absolute Gasteiger partial charge is 0.408 e. The van der Waals surface area contributed by atoms with Gasteiger partial charge in [0.05, 0.1) is 6.61 Å². The van der Waals surface area contributed by atoms with Crippen LogP contribution in [0.25, 0.3) is 0 Å². The molecule has 0 bridgehead atoms. The van der Waals surface area contributed by atoms with Gasteiger partial charge in [-0.25, -0.2) is 14.4 Å². The van der Waals surface area contributed by atoms with Crippen LogP contribution in [0.5, 0.6) is 0 Å². The zero-order valence-corrected chi connectivity index (χ0v) is 14.5. The molecule has 0 aliphatic carbocycles. The molecule has 138 valence electrons. The summed E-state index contributed by atoms with van der Waals surface area (Å²) in [6, 6.07) is 7.84. The number of amides is 1. The van der Waals surface area contributed by atoms with Crippen molar-refractivity contribution in [2.75, 3.05) is 13.2 Å². The number of nitrogens with one attached hydrogen (secondary N) is 1. The highest BCUT2D eigenvalue weighted by Crippen LogP contribution is 2.09. The summed E-state index contributed by atoms with van der Waals surface area (Å²) >= 11 is 0. The Hall–Kier alpha value is -2.61. The van der Waals surface area contributed by atoms with Crippen molar-refractivity contribution in [1.82, 2.24) is 5.32 Å². The Kier molecular flexibility index (Phi) is 7.87. The summed E-state index contributed by atoms with van der Waals surface area (Å²) in [4.78, 5) is 34.5. The first-order chi connectivity index (χ1) is 11.7. The minimum Gasteiger partial charge on any atom is -0.480 e. The number of carbonyl (C=O) groups is 3. The van der Waals surface area contributed by atoms with Crippen molar-refractivity contribution in [2.45, 2.75) is 39.0 Å². The lowest BCUT2D eigenvalue weighted by Crippen LogP contribution is -2.47. The van der Waals surface area contributed by atoms with Crippen LogP contribution in [0.2, 0.25) is 0 Å². The number of ether oxygens (including phenoxy) is 3. The molecule has 0 unspecified atom stereocenters. The quantitative estimate of drug-likeness (QED) is 0.685. The molecule has 0 saturated carbocycles. The van der Waals surface area contributed by atoms with Gasteiger partial charge in [0, 0.05) is 0 Å². The largest absolute Gasteiger partial charge is 0.480 e. The van der Waals surface area contributed by atoms with E-state index in [4.69, 9.17) is 19.3 Å². The third-order valence-electron chi connectivity index (χ3n) is 2.71. The predicted molar refractivity (Wildman–Crippen MR) is 87.9 cm³/mol. The highest BCUT2D eigenvalue weighted by atomic mass is 16.6. The van der Waals surface area contributed by atoms with Crippen LogP contribution in [0.1, 0.15) is 26.3 Å². The molecule has 1 rings (SSSR count). The Labute approximate surface area is 146 Å². The van der Waals surface area contributed by atoms with E-state index in [1.165, 1.54) is 0 Å². The molecule has 0 spiro atoms. The molecule has 1 aromatic carbocycles. The second-order valence-corrected chi connectivity index (χ2v) is 6.20. The van der Waals surface area contributed by atoms with E-state index >= 15 is 0 Å². The second-order valence-electron chi connectivity index (χ2n) is 6.20. The van der Waals surface area contributed by atoms with Crippen LogP contribution in [-0.2, 0) is 30.4 Å². The molecular formula is C17H23NO7. The minimum absolute atomic E-state index is 0.0314. The van der Waals surface area contributed by atoms with Crippen LogP contribution >= 0.6 is 0 Å². The third-order valence-corrected chi connectivity index (χ3v) is 2.71. The number of esters is 1. The van der Waals surface area contributed by atoms with Gasteiger partial charge in [-0.2, -0.15) is 0 Å². The summed E-state index contributed by atoms with van der Waals surface area (Å²) in [6.45, 7) is 4.11. The fourth-order valence-electron chi connectivity index (χ4n) is 1.71. The number of carboxylic acids is 1. The summed E-state index contributed by atoms with van der Waals surface area (Å²) in [5, 5.41) is 10.9. The molecule has 0 aromatic heterocycles. The number of hydrogen-bond acceptors (Lipinski definition) is 6. The van der Waals surface area contributed by atoms with E-state index in [0.717, 1.165) is 5.56 Å². The second kappa shape index (κ2) is 9.63. The molecule has 0 aliphatic rings. The van der Waals surface area contributed by atoms with Crippen LogP contribution in [0.15, 0.2) is 30.3 Å². The van der Waals surface area contributed by atoms with Crippen molar-refractivity contribution in [2.24, 2.45) is 0 Å². The van der Waals surface area contributed by atoms with Crippen LogP contribution in [0.3, 0.4) is 0 Å². The Balaban J connectivity index is 2.59. The SMILES string of the molecule is CC(C)(C)OC(=O)[C@H](COCC(=O)O)NC(=O)OCc1ccccc1. The van der Waals surface area contributed by atoms with Crippen LogP contribution in [0, 0.1) is 0 Å². The highest BCUT2D eigenvalue weighted by molar-refractivity contribution is 5.81.